The van der Waals surface area contributed by atoms with E-state index < -0.39 is 9.84 Å². The highest BCUT2D eigenvalue weighted by Crippen LogP contribution is 2.50. The molecule has 4 heteroatoms. The molecule has 3 nitrogen and oxygen atoms in total. The van der Waals surface area contributed by atoms with Crippen molar-refractivity contribution in [2.75, 3.05) is 12.9 Å². The first-order valence-corrected chi connectivity index (χ1v) is 8.61. The second kappa shape index (κ2) is 4.82. The predicted molar refractivity (Wildman–Crippen MR) is 74.0 cm³/mol. The molecule has 2 aliphatic carbocycles. The molecule has 0 saturated heterocycles. The van der Waals surface area contributed by atoms with Crippen molar-refractivity contribution in [1.29, 1.82) is 0 Å². The van der Waals surface area contributed by atoms with Gasteiger partial charge in [-0.2, -0.15) is 0 Å². The van der Waals surface area contributed by atoms with Gasteiger partial charge in [-0.1, -0.05) is 12.1 Å². The summed E-state index contributed by atoms with van der Waals surface area (Å²) in [5.41, 5.74) is 0. The fourth-order valence-corrected chi connectivity index (χ4v) is 5.44. The minimum Gasteiger partial charge on any atom is -0.495 e. The second-order valence-electron chi connectivity index (χ2n) is 5.87. The number of fused-ring (bicyclic) bond motifs is 1. The van der Waals surface area contributed by atoms with Gasteiger partial charge < -0.3 is 4.74 Å². The van der Waals surface area contributed by atoms with Gasteiger partial charge in [-0.15, -0.1) is 0 Å². The molecule has 0 aliphatic heterocycles. The lowest BCUT2D eigenvalue weighted by atomic mass is 9.77. The van der Waals surface area contributed by atoms with Crippen LogP contribution >= 0.6 is 0 Å². The van der Waals surface area contributed by atoms with Crippen LogP contribution in [0.1, 0.15) is 25.7 Å². The van der Waals surface area contributed by atoms with Gasteiger partial charge in [0, 0.05) is 0 Å². The Morgan fingerprint density at radius 2 is 1.79 bits per heavy atom. The van der Waals surface area contributed by atoms with Crippen molar-refractivity contribution in [3.8, 4) is 5.75 Å². The molecule has 1 aromatic rings. The average molecular weight is 280 g/mol. The lowest BCUT2D eigenvalue weighted by Crippen LogP contribution is -2.18. The van der Waals surface area contributed by atoms with E-state index in [9.17, 15) is 8.42 Å². The molecule has 0 bridgehead atoms. The highest BCUT2D eigenvalue weighted by molar-refractivity contribution is 7.91. The molecule has 2 saturated carbocycles. The number of benzene rings is 1. The zero-order valence-corrected chi connectivity index (χ0v) is 12.0. The van der Waals surface area contributed by atoms with E-state index in [1.165, 1.54) is 20.0 Å². The number of methoxy groups -OCH3 is 1. The first-order chi connectivity index (χ1) is 9.10. The van der Waals surface area contributed by atoms with Crippen molar-refractivity contribution < 1.29 is 13.2 Å². The summed E-state index contributed by atoms with van der Waals surface area (Å²) in [7, 11) is -1.71. The van der Waals surface area contributed by atoms with Crippen molar-refractivity contribution in [3.63, 3.8) is 0 Å². The van der Waals surface area contributed by atoms with Crippen molar-refractivity contribution in [2.45, 2.75) is 30.6 Å². The van der Waals surface area contributed by atoms with Crippen LogP contribution in [0.4, 0.5) is 0 Å². The van der Waals surface area contributed by atoms with Crippen LogP contribution in [0.3, 0.4) is 0 Å². The summed E-state index contributed by atoms with van der Waals surface area (Å²) in [5, 5.41) is 0. The van der Waals surface area contributed by atoms with Crippen LogP contribution in [0.5, 0.6) is 5.75 Å². The van der Waals surface area contributed by atoms with E-state index in [2.05, 4.69) is 0 Å². The van der Waals surface area contributed by atoms with E-state index in [1.807, 2.05) is 0 Å². The van der Waals surface area contributed by atoms with Gasteiger partial charge in [0.25, 0.3) is 0 Å². The Morgan fingerprint density at radius 1 is 1.16 bits per heavy atom. The van der Waals surface area contributed by atoms with Crippen molar-refractivity contribution in [3.05, 3.63) is 24.3 Å². The second-order valence-corrected chi connectivity index (χ2v) is 7.87. The molecule has 0 spiro atoms. The first kappa shape index (κ1) is 13.0. The third-order valence-corrected chi connectivity index (χ3v) is 6.62. The first-order valence-electron chi connectivity index (χ1n) is 6.96. The van der Waals surface area contributed by atoms with Crippen molar-refractivity contribution in [2.24, 2.45) is 17.8 Å². The van der Waals surface area contributed by atoms with Crippen LogP contribution in [-0.4, -0.2) is 21.3 Å². The fourth-order valence-electron chi connectivity index (χ4n) is 3.62. The standard InChI is InChI=1S/C15H20O3S/c1-18-14-4-2-3-5-15(14)19(16,17)10-11-8-12-6-7-13(12)9-11/h2-5,11-13H,6-10H2,1H3/t11?,12-,13+. The normalized spacial score (nSPS) is 29.6. The quantitative estimate of drug-likeness (QED) is 0.851. The van der Waals surface area contributed by atoms with Crippen molar-refractivity contribution in [1.82, 2.24) is 0 Å². The molecule has 3 atom stereocenters. The maximum Gasteiger partial charge on any atom is 0.182 e. The minimum absolute atomic E-state index is 0.278. The molecule has 2 aliphatic rings. The fraction of sp³-hybridized carbons (Fsp3) is 0.600. The Labute approximate surface area is 114 Å². The van der Waals surface area contributed by atoms with Gasteiger partial charge in [0.05, 0.1) is 12.9 Å². The summed E-state index contributed by atoms with van der Waals surface area (Å²) in [6.07, 6.45) is 4.80. The van der Waals surface area contributed by atoms with Crippen LogP contribution in [-0.2, 0) is 9.84 Å². The van der Waals surface area contributed by atoms with Gasteiger partial charge >= 0.3 is 0 Å². The molecular formula is C15H20O3S. The molecule has 0 aromatic heterocycles. The number of hydrogen-bond donors (Lipinski definition) is 0. The maximum atomic E-state index is 12.5. The molecular weight excluding hydrogens is 260 g/mol. The SMILES string of the molecule is COc1ccccc1S(=O)(=O)CC1C[C@H]2CC[C@H]2C1. The molecule has 0 N–H and O–H groups in total. The summed E-state index contributed by atoms with van der Waals surface area (Å²) in [6.45, 7) is 0. The highest BCUT2D eigenvalue weighted by atomic mass is 32.2. The number of hydrogen-bond acceptors (Lipinski definition) is 3. The van der Waals surface area contributed by atoms with Gasteiger partial charge in [0.2, 0.25) is 0 Å². The largest absolute Gasteiger partial charge is 0.495 e. The van der Waals surface area contributed by atoms with Crippen LogP contribution in [0, 0.1) is 17.8 Å². The van der Waals surface area contributed by atoms with Gasteiger partial charge in [-0.25, -0.2) is 8.42 Å². The van der Waals surface area contributed by atoms with E-state index in [4.69, 9.17) is 4.74 Å². The zero-order chi connectivity index (χ0) is 13.5. The third-order valence-electron chi connectivity index (χ3n) is 4.71. The third kappa shape index (κ3) is 2.38. The maximum absolute atomic E-state index is 12.5. The zero-order valence-electron chi connectivity index (χ0n) is 11.2. The molecule has 19 heavy (non-hydrogen) atoms. The number of para-hydroxylation sites is 1. The van der Waals surface area contributed by atoms with Crippen LogP contribution in [0.2, 0.25) is 0 Å². The Balaban J connectivity index is 1.79. The molecule has 0 radical (unpaired) electrons. The van der Waals surface area contributed by atoms with E-state index in [1.54, 1.807) is 24.3 Å². The molecule has 1 unspecified atom stereocenters. The summed E-state index contributed by atoms with van der Waals surface area (Å²) in [6, 6.07) is 6.92. The Morgan fingerprint density at radius 3 is 2.37 bits per heavy atom. The molecule has 104 valence electrons. The Bertz CT molecular complexity index is 553. The van der Waals surface area contributed by atoms with E-state index in [-0.39, 0.29) is 5.75 Å². The highest BCUT2D eigenvalue weighted by Gasteiger charge is 2.41. The van der Waals surface area contributed by atoms with Crippen molar-refractivity contribution >= 4 is 9.84 Å². The lowest BCUT2D eigenvalue weighted by Gasteiger charge is -2.29. The Kier molecular flexibility index (Phi) is 3.29. The molecule has 3 rings (SSSR count). The van der Waals surface area contributed by atoms with Gasteiger partial charge in [-0.3, -0.25) is 0 Å². The molecule has 1 aromatic carbocycles. The average Bonchev–Trinajstić information content (AvgIpc) is 2.65. The molecule has 2 fully saturated rings. The summed E-state index contributed by atoms with van der Waals surface area (Å²) in [4.78, 5) is 0.344. The van der Waals surface area contributed by atoms with E-state index >= 15 is 0 Å². The van der Waals surface area contributed by atoms with Gasteiger partial charge in [0.15, 0.2) is 9.84 Å². The van der Waals surface area contributed by atoms with Crippen LogP contribution < -0.4 is 4.74 Å². The minimum atomic E-state index is -3.23. The monoisotopic (exact) mass is 280 g/mol. The summed E-state index contributed by atoms with van der Waals surface area (Å²) < 4.78 is 30.2. The topological polar surface area (TPSA) is 43.4 Å². The summed E-state index contributed by atoms with van der Waals surface area (Å²) >= 11 is 0. The molecule has 0 amide bonds. The number of rotatable bonds is 4. The van der Waals surface area contributed by atoms with Gasteiger partial charge in [-0.05, 0) is 55.6 Å². The lowest BCUT2D eigenvalue weighted by molar-refractivity contribution is 0.219. The predicted octanol–water partition coefficient (Wildman–Crippen LogP) is 2.91. The molecule has 0 heterocycles. The Hall–Kier alpha value is -1.03. The number of sulfone groups is 1. The van der Waals surface area contributed by atoms with E-state index in [0.29, 0.717) is 16.6 Å². The van der Waals surface area contributed by atoms with Crippen LogP contribution in [0.25, 0.3) is 0 Å². The smallest absolute Gasteiger partial charge is 0.182 e. The number of ether oxygens (including phenoxy) is 1. The van der Waals surface area contributed by atoms with Gasteiger partial charge in [0.1, 0.15) is 10.6 Å². The van der Waals surface area contributed by atoms with Crippen LogP contribution in [0.15, 0.2) is 29.2 Å². The van der Waals surface area contributed by atoms with E-state index in [0.717, 1.165) is 24.7 Å². The summed E-state index contributed by atoms with van der Waals surface area (Å²) in [5.74, 6) is 2.69.